The molecule has 0 bridgehead atoms. The third-order valence-corrected chi connectivity index (χ3v) is 5.10. The molecule has 1 atom stereocenters. The summed E-state index contributed by atoms with van der Waals surface area (Å²) in [6, 6.07) is 4.15. The van der Waals surface area contributed by atoms with Crippen LogP contribution in [0.25, 0.3) is 0 Å². The summed E-state index contributed by atoms with van der Waals surface area (Å²) < 4.78 is 106. The molecule has 2 aromatic carbocycles. The Morgan fingerprint density at radius 2 is 1.75 bits per heavy atom. The van der Waals surface area contributed by atoms with E-state index in [1.165, 1.54) is 0 Å². The average molecular weight is 551 g/mol. The minimum atomic E-state index is -5.95. The average Bonchev–Trinajstić information content (AvgIpc) is 2.64. The maximum atomic E-state index is 14.6. The summed E-state index contributed by atoms with van der Waals surface area (Å²) in [6.45, 7) is 0. The zero-order chi connectivity index (χ0) is 24.6. The number of hydrogen-bond donors (Lipinski definition) is 2. The van der Waals surface area contributed by atoms with Crippen LogP contribution in [0.2, 0.25) is 5.02 Å². The minimum absolute atomic E-state index is 0.265. The lowest BCUT2D eigenvalue weighted by atomic mass is 9.91. The second kappa shape index (κ2) is 8.74. The highest BCUT2D eigenvalue weighted by molar-refractivity contribution is 9.10. The summed E-state index contributed by atoms with van der Waals surface area (Å²) in [5.74, 6) is -2.47. The standard InChI is InChI=1S/C18H9BrClF8N3O/c19-10-3-8(16(22,18(26,27)28)6-17(23,24)25)4-11(20)14(10)31-15(32)9-2-1-7(5-29)13(30)12(9)21/h1-4H,6,30H2,(H,31,32). The van der Waals surface area contributed by atoms with E-state index in [1.54, 1.807) is 6.07 Å². The maximum Gasteiger partial charge on any atom is 0.427 e. The molecule has 0 saturated carbocycles. The molecular formula is C18H9BrClF8N3O. The molecule has 0 aliphatic rings. The smallest absolute Gasteiger partial charge is 0.395 e. The van der Waals surface area contributed by atoms with Gasteiger partial charge in [-0.05, 0) is 40.2 Å². The fraction of sp³-hybridized carbons (Fsp3) is 0.222. The van der Waals surface area contributed by atoms with E-state index in [2.05, 4.69) is 15.9 Å². The Balaban J connectivity index is 2.49. The van der Waals surface area contributed by atoms with E-state index in [-0.39, 0.29) is 11.6 Å². The second-order valence-corrected chi connectivity index (χ2v) is 7.62. The van der Waals surface area contributed by atoms with Crippen LogP contribution in [0.4, 0.5) is 46.5 Å². The number of anilines is 2. The number of halogens is 10. The number of carbonyl (C=O) groups is 1. The van der Waals surface area contributed by atoms with Crippen LogP contribution < -0.4 is 11.1 Å². The van der Waals surface area contributed by atoms with Gasteiger partial charge in [0.05, 0.1) is 33.9 Å². The molecule has 1 amide bonds. The minimum Gasteiger partial charge on any atom is -0.395 e. The van der Waals surface area contributed by atoms with Crippen LogP contribution in [-0.4, -0.2) is 18.3 Å². The zero-order valence-electron chi connectivity index (χ0n) is 15.2. The number of carbonyl (C=O) groups excluding carboxylic acids is 1. The highest BCUT2D eigenvalue weighted by Crippen LogP contribution is 2.51. The number of amides is 1. The van der Waals surface area contributed by atoms with Crippen molar-refractivity contribution in [3.8, 4) is 6.07 Å². The molecular weight excluding hydrogens is 542 g/mol. The van der Waals surface area contributed by atoms with E-state index in [4.69, 9.17) is 22.6 Å². The fourth-order valence-electron chi connectivity index (χ4n) is 2.61. The maximum absolute atomic E-state index is 14.6. The van der Waals surface area contributed by atoms with Gasteiger partial charge in [0.2, 0.25) is 5.67 Å². The molecule has 0 aliphatic heterocycles. The molecule has 0 spiro atoms. The van der Waals surface area contributed by atoms with Gasteiger partial charge in [0.15, 0.2) is 5.82 Å². The predicted molar refractivity (Wildman–Crippen MR) is 102 cm³/mol. The summed E-state index contributed by atoms with van der Waals surface area (Å²) in [5.41, 5.74) is -2.94. The Labute approximate surface area is 188 Å². The fourth-order valence-corrected chi connectivity index (χ4v) is 3.55. The third kappa shape index (κ3) is 5.07. The zero-order valence-corrected chi connectivity index (χ0v) is 17.6. The third-order valence-electron chi connectivity index (χ3n) is 4.18. The van der Waals surface area contributed by atoms with Crippen molar-refractivity contribution in [2.75, 3.05) is 11.1 Å². The predicted octanol–water partition coefficient (Wildman–Crippen LogP) is 6.63. The van der Waals surface area contributed by atoms with Crippen LogP contribution in [-0.2, 0) is 5.67 Å². The van der Waals surface area contributed by atoms with Crippen LogP contribution in [0.3, 0.4) is 0 Å². The molecule has 14 heteroatoms. The quantitative estimate of drug-likeness (QED) is 0.331. The number of alkyl halides is 7. The van der Waals surface area contributed by atoms with Crippen molar-refractivity contribution in [1.29, 1.82) is 5.26 Å². The molecule has 32 heavy (non-hydrogen) atoms. The van der Waals surface area contributed by atoms with Gasteiger partial charge in [-0.15, -0.1) is 0 Å². The Hall–Kier alpha value is -2.59. The van der Waals surface area contributed by atoms with Crippen LogP contribution in [0.5, 0.6) is 0 Å². The van der Waals surface area contributed by atoms with Crippen molar-refractivity contribution in [3.05, 3.63) is 56.3 Å². The number of nitrogens with two attached hydrogens (primary N) is 1. The lowest BCUT2D eigenvalue weighted by Gasteiger charge is -2.30. The van der Waals surface area contributed by atoms with Gasteiger partial charge >= 0.3 is 12.4 Å². The largest absolute Gasteiger partial charge is 0.427 e. The number of nitrogens with one attached hydrogen (secondary N) is 1. The van der Waals surface area contributed by atoms with Gasteiger partial charge < -0.3 is 11.1 Å². The first kappa shape index (κ1) is 25.7. The van der Waals surface area contributed by atoms with Gasteiger partial charge in [-0.2, -0.15) is 31.6 Å². The van der Waals surface area contributed by atoms with E-state index in [1.807, 2.05) is 5.32 Å². The number of nitriles is 1. The van der Waals surface area contributed by atoms with E-state index < -0.39 is 68.2 Å². The van der Waals surface area contributed by atoms with Gasteiger partial charge in [-0.25, -0.2) is 8.78 Å². The molecule has 0 heterocycles. The van der Waals surface area contributed by atoms with Gasteiger partial charge in [0.25, 0.3) is 5.91 Å². The molecule has 4 nitrogen and oxygen atoms in total. The highest BCUT2D eigenvalue weighted by atomic mass is 79.9. The van der Waals surface area contributed by atoms with Crippen LogP contribution in [0.15, 0.2) is 28.7 Å². The Morgan fingerprint density at radius 3 is 2.22 bits per heavy atom. The topological polar surface area (TPSA) is 78.9 Å². The summed E-state index contributed by atoms with van der Waals surface area (Å²) in [7, 11) is 0. The second-order valence-electron chi connectivity index (χ2n) is 6.36. The molecule has 3 N–H and O–H groups in total. The van der Waals surface area contributed by atoms with Crippen molar-refractivity contribution in [1.82, 2.24) is 0 Å². The monoisotopic (exact) mass is 549 g/mol. The molecule has 2 aromatic rings. The summed E-state index contributed by atoms with van der Waals surface area (Å²) in [4.78, 5) is 12.3. The molecule has 172 valence electrons. The molecule has 0 saturated heterocycles. The molecule has 0 fully saturated rings. The summed E-state index contributed by atoms with van der Waals surface area (Å²) in [6.07, 6.45) is -14.3. The van der Waals surface area contributed by atoms with Gasteiger partial charge in [0.1, 0.15) is 6.07 Å². The van der Waals surface area contributed by atoms with Crippen LogP contribution in [0.1, 0.15) is 27.9 Å². The van der Waals surface area contributed by atoms with E-state index in [0.29, 0.717) is 6.07 Å². The van der Waals surface area contributed by atoms with Crippen molar-refractivity contribution in [3.63, 3.8) is 0 Å². The molecule has 0 aromatic heterocycles. The van der Waals surface area contributed by atoms with Crippen molar-refractivity contribution in [2.24, 2.45) is 0 Å². The Kier molecular flexibility index (Phi) is 7.01. The van der Waals surface area contributed by atoms with Crippen molar-refractivity contribution < 1.29 is 39.9 Å². The van der Waals surface area contributed by atoms with Crippen LogP contribution >= 0.6 is 27.5 Å². The van der Waals surface area contributed by atoms with E-state index in [0.717, 1.165) is 12.1 Å². The molecule has 2 rings (SSSR count). The first-order valence-corrected chi connectivity index (χ1v) is 9.30. The van der Waals surface area contributed by atoms with Crippen molar-refractivity contribution in [2.45, 2.75) is 24.4 Å². The lowest BCUT2D eigenvalue weighted by Crippen LogP contribution is -2.42. The number of hydrogen-bond acceptors (Lipinski definition) is 3. The first-order valence-electron chi connectivity index (χ1n) is 8.13. The molecule has 0 aliphatic carbocycles. The van der Waals surface area contributed by atoms with Gasteiger partial charge in [0, 0.05) is 10.0 Å². The highest BCUT2D eigenvalue weighted by Gasteiger charge is 2.62. The lowest BCUT2D eigenvalue weighted by molar-refractivity contribution is -0.273. The summed E-state index contributed by atoms with van der Waals surface area (Å²) in [5, 5.41) is 10.1. The number of rotatable bonds is 4. The Bertz CT molecular complexity index is 1090. The SMILES string of the molecule is N#Cc1ccc(C(=O)Nc2c(Cl)cc(C(F)(CC(F)(F)F)C(F)(F)F)cc2Br)c(F)c1N. The first-order chi connectivity index (χ1) is 14.5. The normalized spacial score (nSPS) is 13.9. The number of benzene rings is 2. The van der Waals surface area contributed by atoms with Gasteiger partial charge in [-0.1, -0.05) is 11.6 Å². The molecule has 0 radical (unpaired) electrons. The Morgan fingerprint density at radius 1 is 1.16 bits per heavy atom. The van der Waals surface area contributed by atoms with Crippen molar-refractivity contribution >= 4 is 44.8 Å². The van der Waals surface area contributed by atoms with E-state index >= 15 is 0 Å². The summed E-state index contributed by atoms with van der Waals surface area (Å²) >= 11 is 8.51. The van der Waals surface area contributed by atoms with E-state index in [9.17, 15) is 39.9 Å². The van der Waals surface area contributed by atoms with Gasteiger partial charge in [-0.3, -0.25) is 4.79 Å². The molecule has 1 unspecified atom stereocenters. The number of nitrogen functional groups attached to an aromatic ring is 1. The van der Waals surface area contributed by atoms with Crippen LogP contribution in [0, 0.1) is 17.1 Å². The number of nitrogens with zero attached hydrogens (tertiary/aromatic N) is 1.